The van der Waals surface area contributed by atoms with Crippen molar-refractivity contribution in [3.8, 4) is 0 Å². The quantitative estimate of drug-likeness (QED) is 0.472. The third-order valence-electron chi connectivity index (χ3n) is 2.18. The lowest BCUT2D eigenvalue weighted by Gasteiger charge is -2.20. The predicted octanol–water partition coefficient (Wildman–Crippen LogP) is 1.57. The fourth-order valence-corrected chi connectivity index (χ4v) is 1.54. The van der Waals surface area contributed by atoms with Gasteiger partial charge in [0, 0.05) is 6.04 Å². The second-order valence-corrected chi connectivity index (χ2v) is 3.21. The highest BCUT2D eigenvalue weighted by atomic mass is 32.1. The molecule has 1 atom stereocenters. The lowest BCUT2D eigenvalue weighted by molar-refractivity contribution is 0.265. The lowest BCUT2D eigenvalue weighted by Crippen LogP contribution is -2.32. The molecule has 2 nitrogen and oxygen atoms in total. The highest BCUT2D eigenvalue weighted by Gasteiger charge is 2.16. The largest absolute Gasteiger partial charge is 0.299 e. The first-order valence-electron chi connectivity index (χ1n) is 4.12. The number of nitrogens with zero attached hydrogens (tertiary/aromatic N) is 2. The molecular formula is C8H14N2S. The third kappa shape index (κ3) is 2.70. The topological polar surface area (TPSA) is 15.6 Å². The molecule has 0 aromatic heterocycles. The summed E-state index contributed by atoms with van der Waals surface area (Å²) < 4.78 is 0. The van der Waals surface area contributed by atoms with E-state index in [1.165, 1.54) is 25.9 Å². The third-order valence-corrected chi connectivity index (χ3v) is 2.31. The molecule has 0 bridgehead atoms. The van der Waals surface area contributed by atoms with Crippen molar-refractivity contribution in [1.82, 2.24) is 4.90 Å². The molecule has 0 amide bonds. The van der Waals surface area contributed by atoms with Crippen molar-refractivity contribution in [1.29, 1.82) is 0 Å². The average molecular weight is 170 g/mol. The Kier molecular flexibility index (Phi) is 3.70. The van der Waals surface area contributed by atoms with Crippen LogP contribution in [0.15, 0.2) is 4.99 Å². The van der Waals surface area contributed by atoms with Crippen molar-refractivity contribution in [2.45, 2.75) is 25.8 Å². The van der Waals surface area contributed by atoms with E-state index in [4.69, 9.17) is 0 Å². The van der Waals surface area contributed by atoms with Crippen LogP contribution in [0.1, 0.15) is 19.8 Å². The molecule has 0 aliphatic carbocycles. The van der Waals surface area contributed by atoms with E-state index in [-0.39, 0.29) is 0 Å². The van der Waals surface area contributed by atoms with E-state index >= 15 is 0 Å². The zero-order chi connectivity index (χ0) is 8.10. The summed E-state index contributed by atoms with van der Waals surface area (Å²) in [5.41, 5.74) is 0. The first-order chi connectivity index (χ1) is 5.34. The predicted molar refractivity (Wildman–Crippen MR) is 50.2 cm³/mol. The van der Waals surface area contributed by atoms with Crippen molar-refractivity contribution in [2.75, 3.05) is 19.6 Å². The van der Waals surface area contributed by atoms with E-state index in [2.05, 4.69) is 34.2 Å². The SMILES string of the molecule is CC(CN=C=S)N1CCCC1. The summed E-state index contributed by atoms with van der Waals surface area (Å²) in [6, 6.07) is 0.549. The summed E-state index contributed by atoms with van der Waals surface area (Å²) in [6.07, 6.45) is 2.68. The van der Waals surface area contributed by atoms with E-state index in [1.807, 2.05) is 0 Å². The molecule has 0 N–H and O–H groups in total. The molecule has 1 fully saturated rings. The Hall–Kier alpha value is -0.240. The Balaban J connectivity index is 2.27. The van der Waals surface area contributed by atoms with Crippen LogP contribution in [0.2, 0.25) is 0 Å². The monoisotopic (exact) mass is 170 g/mol. The number of rotatable bonds is 3. The van der Waals surface area contributed by atoms with Crippen molar-refractivity contribution in [2.24, 2.45) is 4.99 Å². The van der Waals surface area contributed by atoms with Crippen molar-refractivity contribution in [3.63, 3.8) is 0 Å². The van der Waals surface area contributed by atoms with Gasteiger partial charge in [0.2, 0.25) is 0 Å². The molecule has 3 heteroatoms. The van der Waals surface area contributed by atoms with Gasteiger partial charge in [-0.1, -0.05) is 0 Å². The molecular weight excluding hydrogens is 156 g/mol. The van der Waals surface area contributed by atoms with Crippen LogP contribution in [0.25, 0.3) is 0 Å². The van der Waals surface area contributed by atoms with Gasteiger partial charge in [0.25, 0.3) is 0 Å². The van der Waals surface area contributed by atoms with E-state index in [0.29, 0.717) is 6.04 Å². The van der Waals surface area contributed by atoms with Gasteiger partial charge in [-0.2, -0.15) is 0 Å². The minimum Gasteiger partial charge on any atom is -0.299 e. The van der Waals surface area contributed by atoms with Gasteiger partial charge in [-0.3, -0.25) is 4.90 Å². The number of thiocarbonyl (C=S) groups is 1. The summed E-state index contributed by atoms with van der Waals surface area (Å²) in [5.74, 6) is 0. The van der Waals surface area contributed by atoms with Crippen LogP contribution in [0.5, 0.6) is 0 Å². The van der Waals surface area contributed by atoms with Crippen molar-refractivity contribution < 1.29 is 0 Å². The number of aliphatic imine (C=N–C) groups is 1. The summed E-state index contributed by atoms with van der Waals surface area (Å²) in [6.45, 7) is 5.47. The maximum Gasteiger partial charge on any atom is 0.0645 e. The molecule has 0 saturated carbocycles. The summed E-state index contributed by atoms with van der Waals surface area (Å²) in [7, 11) is 0. The van der Waals surface area contributed by atoms with Crippen LogP contribution in [0.3, 0.4) is 0 Å². The number of hydrogen-bond donors (Lipinski definition) is 0. The highest BCUT2D eigenvalue weighted by Crippen LogP contribution is 2.11. The van der Waals surface area contributed by atoms with E-state index in [1.54, 1.807) is 0 Å². The standard InChI is InChI=1S/C8H14N2S/c1-8(6-9-7-11)10-4-2-3-5-10/h8H,2-6H2,1H3. The van der Waals surface area contributed by atoms with Gasteiger partial charge in [0.15, 0.2) is 0 Å². The Morgan fingerprint density at radius 2 is 2.18 bits per heavy atom. The minimum atomic E-state index is 0.549. The maximum atomic E-state index is 4.51. The molecule has 1 aliphatic rings. The molecule has 1 saturated heterocycles. The van der Waals surface area contributed by atoms with Gasteiger partial charge in [-0.05, 0) is 45.1 Å². The van der Waals surface area contributed by atoms with E-state index < -0.39 is 0 Å². The molecule has 0 spiro atoms. The van der Waals surface area contributed by atoms with Crippen molar-refractivity contribution >= 4 is 17.4 Å². The zero-order valence-corrected chi connectivity index (χ0v) is 7.73. The Bertz CT molecular complexity index is 157. The minimum absolute atomic E-state index is 0.549. The molecule has 1 heterocycles. The molecule has 62 valence electrons. The first kappa shape index (κ1) is 8.85. The van der Waals surface area contributed by atoms with Gasteiger partial charge in [-0.25, -0.2) is 4.99 Å². The van der Waals surface area contributed by atoms with E-state index in [0.717, 1.165) is 6.54 Å². The fraction of sp³-hybridized carbons (Fsp3) is 0.875. The van der Waals surface area contributed by atoms with Crippen molar-refractivity contribution in [3.05, 3.63) is 0 Å². The van der Waals surface area contributed by atoms with Gasteiger partial charge >= 0.3 is 0 Å². The summed E-state index contributed by atoms with van der Waals surface area (Å²) >= 11 is 4.51. The van der Waals surface area contributed by atoms with Crippen LogP contribution < -0.4 is 0 Å². The molecule has 0 aromatic carbocycles. The van der Waals surface area contributed by atoms with Gasteiger partial charge < -0.3 is 0 Å². The van der Waals surface area contributed by atoms with Gasteiger partial charge in [-0.15, -0.1) is 0 Å². The number of hydrogen-bond acceptors (Lipinski definition) is 3. The summed E-state index contributed by atoms with van der Waals surface area (Å²) in [4.78, 5) is 6.39. The Morgan fingerprint density at radius 3 is 2.73 bits per heavy atom. The zero-order valence-electron chi connectivity index (χ0n) is 6.92. The van der Waals surface area contributed by atoms with Crippen LogP contribution in [-0.4, -0.2) is 35.7 Å². The average Bonchev–Trinajstić information content (AvgIpc) is 2.52. The highest BCUT2D eigenvalue weighted by molar-refractivity contribution is 7.78. The molecule has 1 unspecified atom stereocenters. The molecule has 0 radical (unpaired) electrons. The van der Waals surface area contributed by atoms with Crippen LogP contribution in [0.4, 0.5) is 0 Å². The van der Waals surface area contributed by atoms with Gasteiger partial charge in [0.05, 0.1) is 11.7 Å². The van der Waals surface area contributed by atoms with Gasteiger partial charge in [0.1, 0.15) is 0 Å². The molecule has 0 aromatic rings. The van der Waals surface area contributed by atoms with E-state index in [9.17, 15) is 0 Å². The number of likely N-dealkylation sites (tertiary alicyclic amines) is 1. The first-order valence-corrected chi connectivity index (χ1v) is 4.53. The smallest absolute Gasteiger partial charge is 0.0645 e. The fourth-order valence-electron chi connectivity index (χ4n) is 1.47. The second-order valence-electron chi connectivity index (χ2n) is 3.02. The maximum absolute atomic E-state index is 4.51. The van der Waals surface area contributed by atoms with Crippen LogP contribution >= 0.6 is 12.2 Å². The second kappa shape index (κ2) is 4.60. The Morgan fingerprint density at radius 1 is 1.55 bits per heavy atom. The normalized spacial score (nSPS) is 21.2. The number of isothiocyanates is 1. The van der Waals surface area contributed by atoms with Crippen LogP contribution in [0, 0.1) is 0 Å². The molecule has 11 heavy (non-hydrogen) atoms. The molecule has 1 rings (SSSR count). The summed E-state index contributed by atoms with van der Waals surface area (Å²) in [5, 5.41) is 2.40. The molecule has 1 aliphatic heterocycles. The van der Waals surface area contributed by atoms with Crippen LogP contribution in [-0.2, 0) is 0 Å². The lowest BCUT2D eigenvalue weighted by atomic mass is 10.3. The Labute approximate surface area is 73.3 Å².